The minimum absolute atomic E-state index is 0.0402. The van der Waals surface area contributed by atoms with Crippen molar-refractivity contribution in [2.24, 2.45) is 20.0 Å². The molecule has 0 unspecified atom stereocenters. The fourth-order valence-electron chi connectivity index (χ4n) is 4.51. The molecule has 5 heterocycles. The summed E-state index contributed by atoms with van der Waals surface area (Å²) < 4.78 is 0. The summed E-state index contributed by atoms with van der Waals surface area (Å²) in [4.78, 5) is 19.5. The summed E-state index contributed by atoms with van der Waals surface area (Å²) in [6.07, 6.45) is 15.7. The molecule has 0 aromatic heterocycles. The van der Waals surface area contributed by atoms with Gasteiger partial charge >= 0.3 is 0 Å². The summed E-state index contributed by atoms with van der Waals surface area (Å²) in [7, 11) is 0. The van der Waals surface area contributed by atoms with Crippen LogP contribution in [0.25, 0.3) is 5.57 Å². The second-order valence-electron chi connectivity index (χ2n) is 8.81. The lowest BCUT2D eigenvalue weighted by molar-refractivity contribution is 0.459. The van der Waals surface area contributed by atoms with Gasteiger partial charge in [0.2, 0.25) is 0 Å². The average Bonchev–Trinajstić information content (AvgIpc) is 3.66. The fourth-order valence-corrected chi connectivity index (χ4v) is 4.51. The van der Waals surface area contributed by atoms with Gasteiger partial charge < -0.3 is 10.2 Å². The van der Waals surface area contributed by atoms with E-state index in [4.69, 9.17) is 20.0 Å². The van der Waals surface area contributed by atoms with E-state index in [0.717, 1.165) is 50.9 Å². The molecule has 2 N–H and O–H groups in total. The fraction of sp³-hybridized carbons (Fsp3) is 0.103. The molecule has 1 aromatic rings. The SMILES string of the molecule is CC1=C2C=CC(=N2)C(C)=C2C=CC(=N2)C(c2cc(O)ccc2O)=C2C=CC(=N2)C(C)=C2C=CC1=N2. The van der Waals surface area contributed by atoms with Gasteiger partial charge in [-0.3, -0.25) is 0 Å². The van der Waals surface area contributed by atoms with E-state index in [9.17, 15) is 10.2 Å². The van der Waals surface area contributed by atoms with Gasteiger partial charge in [-0.05, 0) is 87.6 Å². The third-order valence-corrected chi connectivity index (χ3v) is 6.63. The normalized spacial score (nSPS) is 20.4. The number of phenols is 2. The predicted molar refractivity (Wildman–Crippen MR) is 141 cm³/mol. The van der Waals surface area contributed by atoms with E-state index < -0.39 is 0 Å². The molecule has 6 nitrogen and oxygen atoms in total. The van der Waals surface area contributed by atoms with Crippen LogP contribution in [0, 0.1) is 0 Å². The summed E-state index contributed by atoms with van der Waals surface area (Å²) in [6.45, 7) is 6.03. The van der Waals surface area contributed by atoms with Crippen LogP contribution in [0.5, 0.6) is 11.5 Å². The van der Waals surface area contributed by atoms with E-state index in [1.807, 2.05) is 69.4 Å². The number of aromatic hydroxyl groups is 2. The van der Waals surface area contributed by atoms with Gasteiger partial charge in [-0.2, -0.15) is 0 Å². The standard InChI is InChI=1S/C29H22N4O2/c1-15-20-5-7-22(30-20)16(2)24-9-11-26(32-24)29(19-14-18(34)4-13-28(19)35)27-12-10-25(33-27)17(3)23-8-6-21(15)31-23/h4-14,34-35H,1-3H3. The van der Waals surface area contributed by atoms with Gasteiger partial charge in [-0.15, -0.1) is 0 Å². The van der Waals surface area contributed by atoms with Crippen LogP contribution in [0.3, 0.4) is 0 Å². The quantitative estimate of drug-likeness (QED) is 0.530. The molecule has 0 spiro atoms. The summed E-state index contributed by atoms with van der Waals surface area (Å²) in [5.74, 6) is 0.0912. The third kappa shape index (κ3) is 3.42. The molecule has 8 bridgehead atoms. The van der Waals surface area contributed by atoms with Crippen LogP contribution >= 0.6 is 0 Å². The molecule has 0 aliphatic carbocycles. The highest BCUT2D eigenvalue weighted by atomic mass is 16.3. The molecule has 5 aliphatic heterocycles. The Morgan fingerprint density at radius 2 is 0.943 bits per heavy atom. The first-order chi connectivity index (χ1) is 16.9. The average molecular weight is 459 g/mol. The highest BCUT2D eigenvalue weighted by molar-refractivity contribution is 6.33. The van der Waals surface area contributed by atoms with Gasteiger partial charge in [0.05, 0.1) is 45.6 Å². The van der Waals surface area contributed by atoms with Crippen molar-refractivity contribution in [3.8, 4) is 11.5 Å². The topological polar surface area (TPSA) is 89.9 Å². The lowest BCUT2D eigenvalue weighted by Crippen LogP contribution is -2.02. The molecular weight excluding hydrogens is 436 g/mol. The Bertz CT molecular complexity index is 1610. The molecule has 6 heteroatoms. The molecule has 0 saturated heterocycles. The lowest BCUT2D eigenvalue weighted by Gasteiger charge is -2.11. The van der Waals surface area contributed by atoms with Gasteiger partial charge in [-0.1, -0.05) is 0 Å². The number of phenolic OH excluding ortho intramolecular Hbond substituents is 2. The summed E-state index contributed by atoms with van der Waals surface area (Å²) in [5.41, 5.74) is 10.3. The maximum absolute atomic E-state index is 10.7. The maximum Gasteiger partial charge on any atom is 0.123 e. The van der Waals surface area contributed by atoms with Crippen molar-refractivity contribution in [3.05, 3.63) is 112 Å². The molecular formula is C29H22N4O2. The second kappa shape index (κ2) is 7.74. The molecule has 1 aromatic carbocycles. The molecule has 170 valence electrons. The molecule has 5 aliphatic rings. The first-order valence-corrected chi connectivity index (χ1v) is 11.4. The zero-order valence-corrected chi connectivity index (χ0v) is 19.5. The van der Waals surface area contributed by atoms with Crippen molar-refractivity contribution in [3.63, 3.8) is 0 Å². The Hall–Kier alpha value is -4.58. The van der Waals surface area contributed by atoms with Gasteiger partial charge in [0, 0.05) is 27.9 Å². The number of allylic oxidation sites excluding steroid dienone is 12. The molecule has 0 radical (unpaired) electrons. The Kier molecular flexibility index (Phi) is 4.64. The van der Waals surface area contributed by atoms with Crippen molar-refractivity contribution in [2.45, 2.75) is 20.8 Å². The van der Waals surface area contributed by atoms with E-state index in [2.05, 4.69) is 0 Å². The van der Waals surface area contributed by atoms with E-state index in [1.54, 1.807) is 0 Å². The molecule has 35 heavy (non-hydrogen) atoms. The van der Waals surface area contributed by atoms with Crippen LogP contribution < -0.4 is 0 Å². The second-order valence-corrected chi connectivity index (χ2v) is 8.81. The Morgan fingerprint density at radius 3 is 1.49 bits per heavy atom. The van der Waals surface area contributed by atoms with Gasteiger partial charge in [0.15, 0.2) is 0 Å². The third-order valence-electron chi connectivity index (χ3n) is 6.63. The molecule has 0 atom stereocenters. The van der Waals surface area contributed by atoms with Crippen LogP contribution in [0.15, 0.2) is 126 Å². The molecule has 0 saturated carbocycles. The largest absolute Gasteiger partial charge is 0.508 e. The van der Waals surface area contributed by atoms with E-state index in [0.29, 0.717) is 22.5 Å². The van der Waals surface area contributed by atoms with E-state index >= 15 is 0 Å². The van der Waals surface area contributed by atoms with Gasteiger partial charge in [0.25, 0.3) is 0 Å². The van der Waals surface area contributed by atoms with Crippen LogP contribution in [0.2, 0.25) is 0 Å². The van der Waals surface area contributed by atoms with E-state index in [1.165, 1.54) is 18.2 Å². The van der Waals surface area contributed by atoms with Crippen LogP contribution in [-0.2, 0) is 0 Å². The lowest BCUT2D eigenvalue weighted by atomic mass is 9.97. The highest BCUT2D eigenvalue weighted by Crippen LogP contribution is 2.37. The molecule has 0 amide bonds. The summed E-state index contributed by atoms with van der Waals surface area (Å²) >= 11 is 0. The van der Waals surface area contributed by atoms with E-state index in [-0.39, 0.29) is 11.5 Å². The number of rotatable bonds is 1. The first kappa shape index (κ1) is 21.0. The molecule has 6 rings (SSSR count). The maximum atomic E-state index is 10.7. The summed E-state index contributed by atoms with van der Waals surface area (Å²) in [5, 5.41) is 20.9. The highest BCUT2D eigenvalue weighted by Gasteiger charge is 2.24. The smallest absolute Gasteiger partial charge is 0.123 e. The zero-order valence-electron chi connectivity index (χ0n) is 19.5. The zero-order chi connectivity index (χ0) is 24.3. The Balaban J connectivity index is 1.65. The van der Waals surface area contributed by atoms with Gasteiger partial charge in [-0.25, -0.2) is 20.0 Å². The van der Waals surface area contributed by atoms with Crippen molar-refractivity contribution in [1.82, 2.24) is 0 Å². The predicted octanol–water partition coefficient (Wildman–Crippen LogP) is 5.69. The number of aliphatic imine (C=N–C) groups is 4. The minimum Gasteiger partial charge on any atom is -0.508 e. The summed E-state index contributed by atoms with van der Waals surface area (Å²) in [6, 6.07) is 4.46. The number of nitrogens with zero attached hydrogens (tertiary/aromatic N) is 4. The number of fused-ring (bicyclic) bond motifs is 4. The van der Waals surface area contributed by atoms with Crippen molar-refractivity contribution >= 4 is 28.4 Å². The van der Waals surface area contributed by atoms with Gasteiger partial charge in [0.1, 0.15) is 11.5 Å². The number of hydrogen-bond donors (Lipinski definition) is 2. The first-order valence-electron chi connectivity index (χ1n) is 11.4. The molecule has 0 fully saturated rings. The van der Waals surface area contributed by atoms with Crippen molar-refractivity contribution in [1.29, 1.82) is 0 Å². The van der Waals surface area contributed by atoms with Crippen LogP contribution in [-0.4, -0.2) is 33.1 Å². The number of benzene rings is 1. The van der Waals surface area contributed by atoms with Crippen molar-refractivity contribution in [2.75, 3.05) is 0 Å². The Labute approximate surface area is 202 Å². The van der Waals surface area contributed by atoms with Crippen LogP contribution in [0.4, 0.5) is 0 Å². The van der Waals surface area contributed by atoms with Crippen LogP contribution in [0.1, 0.15) is 26.3 Å². The van der Waals surface area contributed by atoms with Crippen molar-refractivity contribution < 1.29 is 10.2 Å². The monoisotopic (exact) mass is 458 g/mol. The minimum atomic E-state index is 0.0402. The Morgan fingerprint density at radius 1 is 0.514 bits per heavy atom. The number of hydrogen-bond acceptors (Lipinski definition) is 6.